The summed E-state index contributed by atoms with van der Waals surface area (Å²) in [5.74, 6) is 0.929. The maximum atomic E-state index is 5.39. The highest BCUT2D eigenvalue weighted by atomic mass is 16.5. The van der Waals surface area contributed by atoms with Crippen molar-refractivity contribution in [3.63, 3.8) is 0 Å². The van der Waals surface area contributed by atoms with E-state index in [9.17, 15) is 0 Å². The molecule has 0 spiro atoms. The predicted molar refractivity (Wildman–Crippen MR) is 110 cm³/mol. The number of methoxy groups -OCH3 is 1. The third-order valence-electron chi connectivity index (χ3n) is 4.74. The summed E-state index contributed by atoms with van der Waals surface area (Å²) in [4.78, 5) is 5.02. The average Bonchev–Trinajstić information content (AvgIpc) is 2.70. The monoisotopic (exact) mass is 348 g/mol. The fraction of sp³-hybridized carbons (Fsp3) is 0.304. The molecule has 0 unspecified atom stereocenters. The lowest BCUT2D eigenvalue weighted by Gasteiger charge is -2.33. The van der Waals surface area contributed by atoms with E-state index >= 15 is 0 Å². The maximum Gasteiger partial charge on any atom is 0.126 e. The number of ether oxygens (including phenoxy) is 1. The van der Waals surface area contributed by atoms with Crippen molar-refractivity contribution in [1.82, 2.24) is 9.80 Å². The van der Waals surface area contributed by atoms with Crippen molar-refractivity contribution in [2.24, 2.45) is 0 Å². The summed E-state index contributed by atoms with van der Waals surface area (Å²) < 4.78 is 5.39. The van der Waals surface area contributed by atoms with Crippen LogP contribution < -0.4 is 4.74 Å². The molecule has 2 aromatic carbocycles. The summed E-state index contributed by atoms with van der Waals surface area (Å²) in [5, 5.41) is 0. The molecule has 1 fully saturated rings. The quantitative estimate of drug-likeness (QED) is 0.751. The van der Waals surface area contributed by atoms with Crippen molar-refractivity contribution in [3.8, 4) is 5.75 Å². The molecule has 1 aliphatic rings. The summed E-state index contributed by atoms with van der Waals surface area (Å²) in [6.45, 7) is 6.51. The van der Waals surface area contributed by atoms with Gasteiger partial charge in [-0.1, -0.05) is 72.8 Å². The fourth-order valence-electron chi connectivity index (χ4n) is 3.19. The van der Waals surface area contributed by atoms with Crippen LogP contribution in [0.2, 0.25) is 0 Å². The minimum absolute atomic E-state index is 0.929. The first-order chi connectivity index (χ1) is 12.8. The van der Waals surface area contributed by atoms with Crippen LogP contribution in [0, 0.1) is 0 Å². The van der Waals surface area contributed by atoms with E-state index in [2.05, 4.69) is 70.5 Å². The summed E-state index contributed by atoms with van der Waals surface area (Å²) in [6, 6.07) is 18.6. The van der Waals surface area contributed by atoms with Crippen LogP contribution in [0.4, 0.5) is 0 Å². The zero-order chi connectivity index (χ0) is 18.0. The molecule has 0 atom stereocenters. The molecule has 0 N–H and O–H groups in total. The first kappa shape index (κ1) is 18.4. The molecule has 1 heterocycles. The van der Waals surface area contributed by atoms with Gasteiger partial charge in [-0.2, -0.15) is 0 Å². The fourth-order valence-corrected chi connectivity index (χ4v) is 3.19. The van der Waals surface area contributed by atoms with Gasteiger partial charge in [0.1, 0.15) is 5.75 Å². The molecule has 3 nitrogen and oxygen atoms in total. The highest BCUT2D eigenvalue weighted by Gasteiger charge is 2.14. The van der Waals surface area contributed by atoms with Gasteiger partial charge in [-0.3, -0.25) is 9.80 Å². The average molecular weight is 348 g/mol. The summed E-state index contributed by atoms with van der Waals surface area (Å²) in [5.41, 5.74) is 2.41. The first-order valence-electron chi connectivity index (χ1n) is 9.31. The third-order valence-corrected chi connectivity index (χ3v) is 4.74. The van der Waals surface area contributed by atoms with Crippen molar-refractivity contribution in [1.29, 1.82) is 0 Å². The predicted octanol–water partition coefficient (Wildman–Crippen LogP) is 4.04. The lowest BCUT2D eigenvalue weighted by atomic mass is 10.2. The Hall–Kier alpha value is -2.36. The van der Waals surface area contributed by atoms with Gasteiger partial charge in [0.15, 0.2) is 0 Å². The molecule has 0 amide bonds. The molecule has 0 aliphatic carbocycles. The number of nitrogens with zero attached hydrogens (tertiary/aromatic N) is 2. The topological polar surface area (TPSA) is 15.7 Å². The molecular formula is C23H28N2O. The van der Waals surface area contributed by atoms with Crippen LogP contribution in [0.1, 0.15) is 11.1 Å². The minimum atomic E-state index is 0.929. The SMILES string of the molecule is COc1ccccc1C=CCN1CCN(CC=Cc2ccccc2)CC1. The number of hydrogen-bond donors (Lipinski definition) is 0. The van der Waals surface area contributed by atoms with E-state index in [-0.39, 0.29) is 0 Å². The zero-order valence-electron chi connectivity index (χ0n) is 15.6. The Labute approximate surface area is 157 Å². The van der Waals surface area contributed by atoms with E-state index < -0.39 is 0 Å². The number of rotatable bonds is 7. The maximum absolute atomic E-state index is 5.39. The Bertz CT molecular complexity index is 716. The molecule has 1 aliphatic heterocycles. The molecule has 0 saturated carbocycles. The lowest BCUT2D eigenvalue weighted by Crippen LogP contribution is -2.46. The van der Waals surface area contributed by atoms with Gasteiger partial charge in [-0.15, -0.1) is 0 Å². The van der Waals surface area contributed by atoms with E-state index in [1.165, 1.54) is 5.56 Å². The highest BCUT2D eigenvalue weighted by molar-refractivity contribution is 5.57. The minimum Gasteiger partial charge on any atom is -0.496 e. The molecule has 136 valence electrons. The summed E-state index contributed by atoms with van der Waals surface area (Å²) in [6.07, 6.45) is 8.88. The Balaban J connectivity index is 1.40. The number of benzene rings is 2. The second kappa shape index (κ2) is 9.95. The van der Waals surface area contributed by atoms with Crippen LogP contribution in [0.3, 0.4) is 0 Å². The van der Waals surface area contributed by atoms with E-state index in [0.717, 1.165) is 50.6 Å². The number of hydrogen-bond acceptors (Lipinski definition) is 3. The van der Waals surface area contributed by atoms with Gasteiger partial charge >= 0.3 is 0 Å². The Morgan fingerprint density at radius 3 is 2.00 bits per heavy atom. The first-order valence-corrected chi connectivity index (χ1v) is 9.31. The molecule has 2 aromatic rings. The molecule has 3 heteroatoms. The summed E-state index contributed by atoms with van der Waals surface area (Å²) >= 11 is 0. The third kappa shape index (κ3) is 5.58. The Morgan fingerprint density at radius 1 is 0.769 bits per heavy atom. The molecule has 3 rings (SSSR count). The highest BCUT2D eigenvalue weighted by Crippen LogP contribution is 2.18. The van der Waals surface area contributed by atoms with Gasteiger partial charge in [0.05, 0.1) is 7.11 Å². The van der Waals surface area contributed by atoms with Gasteiger partial charge in [-0.05, 0) is 11.6 Å². The molecule has 0 bridgehead atoms. The van der Waals surface area contributed by atoms with Crippen LogP contribution in [0.25, 0.3) is 12.2 Å². The van der Waals surface area contributed by atoms with Crippen LogP contribution in [0.5, 0.6) is 5.75 Å². The van der Waals surface area contributed by atoms with E-state index in [1.807, 2.05) is 18.2 Å². The van der Waals surface area contributed by atoms with Gasteiger partial charge in [0.25, 0.3) is 0 Å². The van der Waals surface area contributed by atoms with Crippen molar-refractivity contribution >= 4 is 12.2 Å². The van der Waals surface area contributed by atoms with Gasteiger partial charge in [-0.25, -0.2) is 0 Å². The van der Waals surface area contributed by atoms with Crippen LogP contribution in [-0.4, -0.2) is 56.2 Å². The van der Waals surface area contributed by atoms with Crippen LogP contribution in [-0.2, 0) is 0 Å². The second-order valence-electron chi connectivity index (χ2n) is 6.56. The van der Waals surface area contributed by atoms with Crippen LogP contribution >= 0.6 is 0 Å². The molecule has 1 saturated heterocycles. The molecular weight excluding hydrogens is 320 g/mol. The van der Waals surface area contributed by atoms with Crippen LogP contribution in [0.15, 0.2) is 66.7 Å². The van der Waals surface area contributed by atoms with E-state index in [1.54, 1.807) is 7.11 Å². The lowest BCUT2D eigenvalue weighted by molar-refractivity contribution is 0.154. The van der Waals surface area contributed by atoms with Crippen molar-refractivity contribution < 1.29 is 4.74 Å². The zero-order valence-corrected chi connectivity index (χ0v) is 15.6. The largest absolute Gasteiger partial charge is 0.496 e. The van der Waals surface area contributed by atoms with Crippen molar-refractivity contribution in [2.45, 2.75) is 0 Å². The Kier molecular flexibility index (Phi) is 7.05. The van der Waals surface area contributed by atoms with E-state index in [0.29, 0.717) is 0 Å². The normalized spacial score (nSPS) is 16.5. The standard InChI is InChI=1S/C23H28N2O/c1-26-23-14-6-5-12-22(23)13-8-16-25-19-17-24(18-20-25)15-7-11-21-9-3-2-4-10-21/h2-14H,15-20H2,1H3. The van der Waals surface area contributed by atoms with Crippen molar-refractivity contribution in [3.05, 3.63) is 77.9 Å². The molecule has 0 aromatic heterocycles. The summed E-state index contributed by atoms with van der Waals surface area (Å²) in [7, 11) is 1.72. The smallest absolute Gasteiger partial charge is 0.126 e. The molecule has 0 radical (unpaired) electrons. The van der Waals surface area contributed by atoms with Crippen molar-refractivity contribution in [2.75, 3.05) is 46.4 Å². The Morgan fingerprint density at radius 2 is 1.35 bits per heavy atom. The number of piperazine rings is 1. The molecule has 26 heavy (non-hydrogen) atoms. The number of para-hydroxylation sites is 1. The van der Waals surface area contributed by atoms with E-state index in [4.69, 9.17) is 4.74 Å². The van der Waals surface area contributed by atoms with Gasteiger partial charge in [0.2, 0.25) is 0 Å². The van der Waals surface area contributed by atoms with Gasteiger partial charge in [0, 0.05) is 44.8 Å². The second-order valence-corrected chi connectivity index (χ2v) is 6.56. The van der Waals surface area contributed by atoms with Gasteiger partial charge < -0.3 is 4.74 Å².